The molecule has 2 aromatic carbocycles. The van der Waals surface area contributed by atoms with E-state index in [4.69, 9.17) is 4.74 Å². The molecule has 0 radical (unpaired) electrons. The summed E-state index contributed by atoms with van der Waals surface area (Å²) in [5, 5.41) is 11.1. The summed E-state index contributed by atoms with van der Waals surface area (Å²) < 4.78 is 5.17. The van der Waals surface area contributed by atoms with Crippen molar-refractivity contribution in [3.63, 3.8) is 0 Å². The van der Waals surface area contributed by atoms with Crippen LogP contribution in [-0.2, 0) is 14.3 Å². The number of ketones is 1. The summed E-state index contributed by atoms with van der Waals surface area (Å²) in [6.07, 6.45) is 4.77. The molecule has 9 nitrogen and oxygen atoms in total. The maximum atomic E-state index is 13.1. The number of hydrogen-bond donors (Lipinski definition) is 0. The second-order valence-corrected chi connectivity index (χ2v) is 8.79. The highest BCUT2D eigenvalue weighted by atomic mass is 16.6. The van der Waals surface area contributed by atoms with Crippen LogP contribution in [0.15, 0.2) is 54.6 Å². The molecule has 34 heavy (non-hydrogen) atoms. The smallest absolute Gasteiger partial charge is 0.340 e. The van der Waals surface area contributed by atoms with Crippen molar-refractivity contribution in [3.05, 3.63) is 81.4 Å². The van der Waals surface area contributed by atoms with Crippen molar-refractivity contribution in [2.45, 2.75) is 13.3 Å². The number of hydrogen-bond acceptors (Lipinski definition) is 7. The molecule has 0 unspecified atom stereocenters. The first-order chi connectivity index (χ1) is 16.3. The van der Waals surface area contributed by atoms with Crippen molar-refractivity contribution >= 4 is 34.9 Å². The van der Waals surface area contributed by atoms with E-state index in [0.717, 1.165) is 17.4 Å². The van der Waals surface area contributed by atoms with E-state index in [-0.39, 0.29) is 46.2 Å². The van der Waals surface area contributed by atoms with Crippen LogP contribution < -0.4 is 4.90 Å². The predicted octanol–water partition coefficient (Wildman–Crippen LogP) is 3.25. The Hall–Kier alpha value is -4.14. The predicted molar refractivity (Wildman–Crippen MR) is 119 cm³/mol. The topological polar surface area (TPSA) is 124 Å². The first-order valence-corrected chi connectivity index (χ1v) is 10.9. The minimum Gasteiger partial charge on any atom is -0.454 e. The summed E-state index contributed by atoms with van der Waals surface area (Å²) >= 11 is 0. The minimum absolute atomic E-state index is 0.00725. The molecule has 3 aliphatic rings. The maximum Gasteiger partial charge on any atom is 0.340 e. The molecule has 1 heterocycles. The number of benzene rings is 2. The summed E-state index contributed by atoms with van der Waals surface area (Å²) in [6.45, 7) is 0.911. The van der Waals surface area contributed by atoms with E-state index in [1.165, 1.54) is 24.3 Å². The molecule has 1 aliphatic heterocycles. The third kappa shape index (κ3) is 3.32. The lowest BCUT2D eigenvalue weighted by molar-refractivity contribution is -0.385. The third-order valence-corrected chi connectivity index (χ3v) is 6.90. The van der Waals surface area contributed by atoms with Gasteiger partial charge < -0.3 is 4.74 Å². The Morgan fingerprint density at radius 2 is 1.71 bits per heavy atom. The van der Waals surface area contributed by atoms with Gasteiger partial charge in [0.05, 0.1) is 28.0 Å². The van der Waals surface area contributed by atoms with Gasteiger partial charge >= 0.3 is 5.97 Å². The molecule has 5 rings (SSSR count). The van der Waals surface area contributed by atoms with Crippen molar-refractivity contribution < 1.29 is 28.8 Å². The van der Waals surface area contributed by atoms with Gasteiger partial charge in [0.15, 0.2) is 6.61 Å². The van der Waals surface area contributed by atoms with Crippen LogP contribution in [-0.4, -0.2) is 35.1 Å². The Morgan fingerprint density at radius 3 is 2.35 bits per heavy atom. The van der Waals surface area contributed by atoms with Gasteiger partial charge in [-0.25, -0.2) is 9.69 Å². The molecule has 172 valence electrons. The van der Waals surface area contributed by atoms with Gasteiger partial charge in [0, 0.05) is 17.2 Å². The Kier molecular flexibility index (Phi) is 5.11. The van der Waals surface area contributed by atoms with Gasteiger partial charge in [-0.15, -0.1) is 0 Å². The number of allylic oxidation sites excluding steroid dienone is 2. The molecule has 2 fully saturated rings. The van der Waals surface area contributed by atoms with Crippen LogP contribution in [0.5, 0.6) is 0 Å². The van der Waals surface area contributed by atoms with Crippen LogP contribution in [0.2, 0.25) is 0 Å². The van der Waals surface area contributed by atoms with Crippen molar-refractivity contribution in [2.75, 3.05) is 11.5 Å². The first-order valence-electron chi connectivity index (χ1n) is 10.9. The summed E-state index contributed by atoms with van der Waals surface area (Å²) in [6, 6.07) is 10.1. The van der Waals surface area contributed by atoms with Gasteiger partial charge in [0.1, 0.15) is 0 Å². The van der Waals surface area contributed by atoms with Gasteiger partial charge in [0.25, 0.3) is 5.69 Å². The second-order valence-electron chi connectivity index (χ2n) is 8.79. The fourth-order valence-electron chi connectivity index (χ4n) is 5.25. The minimum atomic E-state index is -0.871. The van der Waals surface area contributed by atoms with E-state index in [1.807, 2.05) is 12.2 Å². The molecule has 2 aromatic rings. The number of Topliss-reactive ketones (excluding diaryl/α,β-unsaturated/α-hetero) is 1. The standard InChI is InChI=1S/C25H20N2O7/c1-13-6-7-14(11-19(13)27(32)33)20(28)12-34-25(31)17-4-2-3-5-18(17)26-23(29)21-15-8-9-16(10-15)22(21)24(26)30/h2-9,11,15-16,21-22H,10,12H2,1H3/t15-,16-,21-,22-/m0/s1. The van der Waals surface area contributed by atoms with Gasteiger partial charge in [-0.1, -0.05) is 36.4 Å². The van der Waals surface area contributed by atoms with Crippen LogP contribution in [0, 0.1) is 40.7 Å². The third-order valence-electron chi connectivity index (χ3n) is 6.90. The highest BCUT2D eigenvalue weighted by Gasteiger charge is 2.59. The molecule has 2 bridgehead atoms. The van der Waals surface area contributed by atoms with Crippen LogP contribution >= 0.6 is 0 Å². The van der Waals surface area contributed by atoms with Crippen molar-refractivity contribution in [2.24, 2.45) is 23.7 Å². The number of anilines is 1. The van der Waals surface area contributed by atoms with Crippen LogP contribution in [0.25, 0.3) is 0 Å². The van der Waals surface area contributed by atoms with Crippen molar-refractivity contribution in [1.82, 2.24) is 0 Å². The number of nitro groups is 1. The molecule has 1 saturated heterocycles. The molecule has 0 spiro atoms. The number of esters is 1. The summed E-state index contributed by atoms with van der Waals surface area (Å²) in [7, 11) is 0. The van der Waals surface area contributed by atoms with Gasteiger partial charge in [-0.2, -0.15) is 0 Å². The Labute approximate surface area is 194 Å². The first kappa shape index (κ1) is 21.7. The van der Waals surface area contributed by atoms with E-state index in [0.29, 0.717) is 5.56 Å². The molecule has 2 amide bonds. The Bertz CT molecular complexity index is 1270. The highest BCUT2D eigenvalue weighted by Crippen LogP contribution is 2.53. The number of aryl methyl sites for hydroxylation is 1. The molecular formula is C25H20N2O7. The number of rotatable bonds is 6. The Morgan fingerprint density at radius 1 is 1.06 bits per heavy atom. The van der Waals surface area contributed by atoms with E-state index in [9.17, 15) is 29.3 Å². The monoisotopic (exact) mass is 460 g/mol. The second kappa shape index (κ2) is 8.02. The van der Waals surface area contributed by atoms with E-state index in [2.05, 4.69) is 0 Å². The largest absolute Gasteiger partial charge is 0.454 e. The maximum absolute atomic E-state index is 13.1. The molecule has 2 aliphatic carbocycles. The quantitative estimate of drug-likeness (QED) is 0.162. The van der Waals surface area contributed by atoms with Crippen molar-refractivity contribution in [1.29, 1.82) is 0 Å². The number of ether oxygens (including phenoxy) is 1. The highest BCUT2D eigenvalue weighted by molar-refractivity contribution is 6.24. The van der Waals surface area contributed by atoms with Gasteiger partial charge in [-0.3, -0.25) is 24.5 Å². The van der Waals surface area contributed by atoms with Gasteiger partial charge in [-0.05, 0) is 37.3 Å². The number of nitro benzene ring substituents is 1. The number of amides is 2. The fraction of sp³-hybridized carbons (Fsp3) is 0.280. The fourth-order valence-corrected chi connectivity index (χ4v) is 5.25. The molecule has 4 atom stereocenters. The average Bonchev–Trinajstić information content (AvgIpc) is 3.51. The number of fused-ring (bicyclic) bond motifs is 5. The number of nitrogens with zero attached hydrogens (tertiary/aromatic N) is 2. The van der Waals surface area contributed by atoms with Crippen molar-refractivity contribution in [3.8, 4) is 0 Å². The molecule has 1 saturated carbocycles. The van der Waals surface area contributed by atoms with Gasteiger partial charge in [0.2, 0.25) is 17.6 Å². The number of carbonyl (C=O) groups is 4. The zero-order chi connectivity index (χ0) is 24.1. The normalized spacial score (nSPS) is 24.4. The van der Waals surface area contributed by atoms with Crippen LogP contribution in [0.4, 0.5) is 11.4 Å². The zero-order valence-corrected chi connectivity index (χ0v) is 18.2. The van der Waals surface area contributed by atoms with E-state index < -0.39 is 35.1 Å². The van der Waals surface area contributed by atoms with Crippen LogP contribution in [0.1, 0.15) is 32.7 Å². The van der Waals surface area contributed by atoms with E-state index >= 15 is 0 Å². The molecule has 0 aromatic heterocycles. The molecule has 9 heteroatoms. The molecule has 0 N–H and O–H groups in total. The number of carbonyl (C=O) groups excluding carboxylic acids is 4. The summed E-state index contributed by atoms with van der Waals surface area (Å²) in [5.74, 6) is -2.89. The lowest BCUT2D eigenvalue weighted by Crippen LogP contribution is -2.34. The number of para-hydroxylation sites is 1. The van der Waals surface area contributed by atoms with Crippen LogP contribution in [0.3, 0.4) is 0 Å². The average molecular weight is 460 g/mol. The summed E-state index contributed by atoms with van der Waals surface area (Å²) in [4.78, 5) is 63.2. The molecular weight excluding hydrogens is 440 g/mol. The number of imide groups is 1. The van der Waals surface area contributed by atoms with E-state index in [1.54, 1.807) is 19.1 Å². The lowest BCUT2D eigenvalue weighted by Gasteiger charge is -2.19. The zero-order valence-electron chi connectivity index (χ0n) is 18.2. The lowest BCUT2D eigenvalue weighted by atomic mass is 9.85. The SMILES string of the molecule is Cc1ccc(C(=O)COC(=O)c2ccccc2N2C(=O)[C@@H]3[C@@H](C2=O)[C@H]2C=C[C@H]3C2)cc1[N+](=O)[O-]. The Balaban J connectivity index is 1.34. The summed E-state index contributed by atoms with van der Waals surface area (Å²) in [5.41, 5.74) is 0.365.